The van der Waals surface area contributed by atoms with Crippen LogP contribution in [0.2, 0.25) is 0 Å². The number of nitrogens with zero attached hydrogens (tertiary/aromatic N) is 2. The second-order valence-corrected chi connectivity index (χ2v) is 16.6. The molecule has 2 N–H and O–H groups in total. The summed E-state index contributed by atoms with van der Waals surface area (Å²) in [6.07, 6.45) is 2.22. The van der Waals surface area contributed by atoms with E-state index in [4.69, 9.17) is 9.97 Å². The summed E-state index contributed by atoms with van der Waals surface area (Å²) >= 11 is 0. The second-order valence-electron chi connectivity index (χ2n) is 16.6. The minimum Gasteiger partial charge on any atom is -0.354 e. The molecule has 0 unspecified atom stereocenters. The summed E-state index contributed by atoms with van der Waals surface area (Å²) < 4.78 is 0. The van der Waals surface area contributed by atoms with Crippen molar-refractivity contribution in [1.29, 1.82) is 5.41 Å². The van der Waals surface area contributed by atoms with E-state index < -0.39 is 0 Å². The van der Waals surface area contributed by atoms with E-state index in [2.05, 4.69) is 193 Å². The number of benzene rings is 9. The molecule has 316 valence electrons. The van der Waals surface area contributed by atoms with Crippen LogP contribution < -0.4 is 5.32 Å². The average molecular weight is 857 g/mol. The smallest absolute Gasteiger partial charge is 0.160 e. The lowest BCUT2D eigenvalue weighted by Gasteiger charge is -2.26. The number of fused-ring (bicyclic) bond motifs is 1. The average Bonchev–Trinajstić information content (AvgIpc) is 3.42. The first-order valence-electron chi connectivity index (χ1n) is 22.6. The van der Waals surface area contributed by atoms with Crippen LogP contribution in [0.4, 0.5) is 0 Å². The standard InChI is InChI=1S/C63H44N4/c64-61(47-27-14-5-15-28-47)60(46-25-12-4-13-26-46)62-56-36-35-51(40-55(56)41-57(65-62)45-23-10-3-11-24-45)50-31-18-34-54(39-50)63-66-58(52-32-16-29-48(37-52)43-19-6-1-7-20-43)42-59(67-63)53-33-17-30-49(38-53)44-21-8-2-9-22-44/h1-42,64-65H/b62-60-,64-61?. The van der Waals surface area contributed by atoms with Crippen LogP contribution in [-0.2, 0) is 0 Å². The number of hydrogen-bond donors (Lipinski definition) is 2. The normalized spacial score (nSPS) is 12.6. The molecule has 2 heterocycles. The van der Waals surface area contributed by atoms with Gasteiger partial charge in [-0.05, 0) is 86.5 Å². The van der Waals surface area contributed by atoms with Crippen molar-refractivity contribution in [2.45, 2.75) is 0 Å². The highest BCUT2D eigenvalue weighted by atomic mass is 14.9. The van der Waals surface area contributed by atoms with Gasteiger partial charge >= 0.3 is 0 Å². The van der Waals surface area contributed by atoms with Gasteiger partial charge in [-0.25, -0.2) is 9.97 Å². The summed E-state index contributed by atoms with van der Waals surface area (Å²) in [6, 6.07) is 86.1. The van der Waals surface area contributed by atoms with Crippen molar-refractivity contribution < 1.29 is 0 Å². The van der Waals surface area contributed by atoms with Gasteiger partial charge in [-0.3, -0.25) is 5.41 Å². The van der Waals surface area contributed by atoms with Gasteiger partial charge in [-0.2, -0.15) is 0 Å². The van der Waals surface area contributed by atoms with Gasteiger partial charge in [0.15, 0.2) is 5.82 Å². The number of aromatic nitrogens is 2. The van der Waals surface area contributed by atoms with Gasteiger partial charge in [0.2, 0.25) is 0 Å². The van der Waals surface area contributed by atoms with Gasteiger partial charge in [0, 0.05) is 39.1 Å². The minimum absolute atomic E-state index is 0.450. The molecule has 67 heavy (non-hydrogen) atoms. The maximum absolute atomic E-state index is 9.67. The number of nitrogens with one attached hydrogen (secondary N) is 2. The maximum atomic E-state index is 9.67. The maximum Gasteiger partial charge on any atom is 0.160 e. The third kappa shape index (κ3) is 8.55. The summed E-state index contributed by atoms with van der Waals surface area (Å²) in [7, 11) is 0. The first-order valence-corrected chi connectivity index (χ1v) is 22.6. The summed E-state index contributed by atoms with van der Waals surface area (Å²) in [6.45, 7) is 0. The van der Waals surface area contributed by atoms with Crippen LogP contribution in [0, 0.1) is 5.41 Å². The largest absolute Gasteiger partial charge is 0.354 e. The molecule has 0 amide bonds. The summed E-state index contributed by atoms with van der Waals surface area (Å²) in [5.41, 5.74) is 19.4. The van der Waals surface area contributed by atoms with Crippen molar-refractivity contribution >= 4 is 28.8 Å². The molecule has 0 spiro atoms. The Morgan fingerprint density at radius 3 is 1.31 bits per heavy atom. The van der Waals surface area contributed by atoms with Gasteiger partial charge in [-0.1, -0.05) is 218 Å². The Hall–Kier alpha value is -8.99. The predicted octanol–water partition coefficient (Wildman–Crippen LogP) is 15.5. The predicted molar refractivity (Wildman–Crippen MR) is 279 cm³/mol. The molecule has 0 saturated heterocycles. The number of hydrogen-bond acceptors (Lipinski definition) is 4. The van der Waals surface area contributed by atoms with Gasteiger partial charge in [0.25, 0.3) is 0 Å². The van der Waals surface area contributed by atoms with Crippen LogP contribution in [0.1, 0.15) is 27.8 Å². The quantitative estimate of drug-likeness (QED) is 0.135. The molecule has 1 aliphatic heterocycles. The number of allylic oxidation sites excluding steroid dienone is 1. The van der Waals surface area contributed by atoms with Crippen LogP contribution in [0.25, 0.3) is 90.3 Å². The van der Waals surface area contributed by atoms with E-state index in [0.717, 1.165) is 106 Å². The molecule has 4 heteroatoms. The van der Waals surface area contributed by atoms with Crippen molar-refractivity contribution in [3.8, 4) is 67.3 Å². The lowest BCUT2D eigenvalue weighted by Crippen LogP contribution is -2.20. The van der Waals surface area contributed by atoms with Crippen molar-refractivity contribution in [3.05, 3.63) is 277 Å². The Morgan fingerprint density at radius 2 is 0.761 bits per heavy atom. The van der Waals surface area contributed by atoms with Gasteiger partial charge in [-0.15, -0.1) is 0 Å². The molecule has 0 saturated carbocycles. The fourth-order valence-corrected chi connectivity index (χ4v) is 8.91. The molecule has 0 atom stereocenters. The summed E-state index contributed by atoms with van der Waals surface area (Å²) in [5, 5.41) is 13.5. The van der Waals surface area contributed by atoms with Crippen LogP contribution in [0.3, 0.4) is 0 Å². The monoisotopic (exact) mass is 856 g/mol. The van der Waals surface area contributed by atoms with Crippen molar-refractivity contribution in [2.24, 2.45) is 0 Å². The van der Waals surface area contributed by atoms with E-state index in [1.807, 2.05) is 66.7 Å². The van der Waals surface area contributed by atoms with E-state index >= 15 is 0 Å². The zero-order valence-corrected chi connectivity index (χ0v) is 36.6. The summed E-state index contributed by atoms with van der Waals surface area (Å²) in [4.78, 5) is 10.6. The third-order valence-corrected chi connectivity index (χ3v) is 12.3. The molecule has 10 aromatic rings. The molecule has 9 aromatic carbocycles. The minimum atomic E-state index is 0.450. The zero-order chi connectivity index (χ0) is 44.9. The van der Waals surface area contributed by atoms with Crippen LogP contribution in [-0.4, -0.2) is 15.7 Å². The lowest BCUT2D eigenvalue weighted by molar-refractivity contribution is 1.18. The SMILES string of the molecule is N=C(/C(=C1\NC(c2ccccc2)=Cc2cc(-c3cccc(-c4nc(-c5cccc(-c6ccccc6)c5)cc(-c5cccc(-c6ccccc6)c5)n4)c3)ccc21)c1ccccc1)c1ccccc1. The molecular weight excluding hydrogens is 813 g/mol. The second kappa shape index (κ2) is 18.2. The molecule has 0 bridgehead atoms. The van der Waals surface area contributed by atoms with Crippen LogP contribution in [0.5, 0.6) is 0 Å². The Kier molecular flexibility index (Phi) is 11.1. The highest BCUT2D eigenvalue weighted by Gasteiger charge is 2.24. The van der Waals surface area contributed by atoms with E-state index in [0.29, 0.717) is 11.5 Å². The van der Waals surface area contributed by atoms with Crippen LogP contribution >= 0.6 is 0 Å². The highest BCUT2D eigenvalue weighted by molar-refractivity contribution is 6.36. The Bertz CT molecular complexity index is 3370. The first-order chi connectivity index (χ1) is 33.1. The molecule has 1 aliphatic rings. The molecule has 0 fully saturated rings. The van der Waals surface area contributed by atoms with Crippen molar-refractivity contribution in [3.63, 3.8) is 0 Å². The van der Waals surface area contributed by atoms with E-state index in [1.165, 1.54) is 0 Å². The van der Waals surface area contributed by atoms with Gasteiger partial charge < -0.3 is 5.32 Å². The Morgan fingerprint density at radius 1 is 0.343 bits per heavy atom. The lowest BCUT2D eigenvalue weighted by atomic mass is 9.87. The van der Waals surface area contributed by atoms with Gasteiger partial charge in [0.1, 0.15) is 0 Å². The van der Waals surface area contributed by atoms with Crippen LogP contribution in [0.15, 0.2) is 249 Å². The first kappa shape index (κ1) is 40.8. The molecular formula is C63H44N4. The van der Waals surface area contributed by atoms with Gasteiger partial charge in [0.05, 0.1) is 22.8 Å². The van der Waals surface area contributed by atoms with E-state index in [-0.39, 0.29) is 0 Å². The Labute approximate surface area is 391 Å². The van der Waals surface area contributed by atoms with E-state index in [9.17, 15) is 5.41 Å². The zero-order valence-electron chi connectivity index (χ0n) is 36.6. The molecule has 1 aromatic heterocycles. The molecule has 4 nitrogen and oxygen atoms in total. The fourth-order valence-electron chi connectivity index (χ4n) is 8.91. The Balaban J connectivity index is 1.04. The topological polar surface area (TPSA) is 61.7 Å². The number of rotatable bonds is 10. The van der Waals surface area contributed by atoms with Crippen molar-refractivity contribution in [2.75, 3.05) is 0 Å². The molecule has 0 aliphatic carbocycles. The van der Waals surface area contributed by atoms with E-state index in [1.54, 1.807) is 0 Å². The fraction of sp³-hybridized carbons (Fsp3) is 0. The third-order valence-electron chi connectivity index (χ3n) is 12.3. The molecule has 11 rings (SSSR count). The highest BCUT2D eigenvalue weighted by Crippen LogP contribution is 2.39. The molecule has 0 radical (unpaired) electrons. The summed E-state index contributed by atoms with van der Waals surface area (Å²) in [5.74, 6) is 0.648. The van der Waals surface area contributed by atoms with Crippen molar-refractivity contribution in [1.82, 2.24) is 15.3 Å².